The zero-order chi connectivity index (χ0) is 16.7. The number of pyridine rings is 1. The second kappa shape index (κ2) is 5.32. The molecule has 0 spiro atoms. The van der Waals surface area contributed by atoms with Crippen LogP contribution in [0.25, 0.3) is 11.0 Å². The Morgan fingerprint density at radius 2 is 2.17 bits per heavy atom. The van der Waals surface area contributed by atoms with Crippen LogP contribution in [-0.4, -0.2) is 25.7 Å². The van der Waals surface area contributed by atoms with Crippen molar-refractivity contribution in [3.8, 4) is 6.07 Å². The third-order valence-electron chi connectivity index (χ3n) is 4.71. The lowest BCUT2D eigenvalue weighted by Gasteiger charge is -2.44. The number of rotatable bonds is 3. The van der Waals surface area contributed by atoms with Gasteiger partial charge in [0.05, 0.1) is 22.2 Å². The van der Waals surface area contributed by atoms with Crippen molar-refractivity contribution in [1.29, 1.82) is 5.26 Å². The number of aryl methyl sites for hydroxylation is 1. The summed E-state index contributed by atoms with van der Waals surface area (Å²) in [5.41, 5.74) is 2.25. The number of hydrogen-bond donors (Lipinski definition) is 2. The Labute approximate surface area is 139 Å². The predicted octanol–water partition coefficient (Wildman–Crippen LogP) is 2.30. The molecule has 6 nitrogen and oxygen atoms in total. The number of benzene rings is 1. The molecule has 0 bridgehead atoms. The molecule has 1 aliphatic rings. The van der Waals surface area contributed by atoms with Gasteiger partial charge >= 0.3 is 0 Å². The number of aliphatic hydroxyl groups is 1. The van der Waals surface area contributed by atoms with Crippen molar-refractivity contribution in [3.05, 3.63) is 53.9 Å². The molecule has 1 fully saturated rings. The van der Waals surface area contributed by atoms with E-state index in [1.54, 1.807) is 18.5 Å². The zero-order valence-electron chi connectivity index (χ0n) is 13.3. The van der Waals surface area contributed by atoms with Crippen LogP contribution in [0.4, 0.5) is 5.95 Å². The number of fused-ring (bicyclic) bond motifs is 1. The van der Waals surface area contributed by atoms with Crippen molar-refractivity contribution in [3.63, 3.8) is 0 Å². The minimum Gasteiger partial charge on any atom is -0.385 e. The van der Waals surface area contributed by atoms with Gasteiger partial charge in [0, 0.05) is 43.9 Å². The van der Waals surface area contributed by atoms with Crippen molar-refractivity contribution < 1.29 is 5.11 Å². The van der Waals surface area contributed by atoms with Gasteiger partial charge in [0.1, 0.15) is 6.07 Å². The first kappa shape index (κ1) is 14.7. The number of nitrogens with one attached hydrogen (secondary N) is 1. The molecular weight excluding hydrogens is 302 g/mol. The number of anilines is 1. The van der Waals surface area contributed by atoms with Crippen LogP contribution in [0.5, 0.6) is 0 Å². The highest BCUT2D eigenvalue weighted by atomic mass is 16.3. The number of nitrogens with zero attached hydrogens (tertiary/aromatic N) is 4. The smallest absolute Gasteiger partial charge is 0.203 e. The van der Waals surface area contributed by atoms with Crippen LogP contribution in [-0.2, 0) is 12.6 Å². The number of para-hydroxylation sites is 1. The second-order valence-electron chi connectivity index (χ2n) is 6.30. The number of nitriles is 1. The summed E-state index contributed by atoms with van der Waals surface area (Å²) < 4.78 is 1.90. The molecule has 2 heterocycles. The monoisotopic (exact) mass is 319 g/mol. The Morgan fingerprint density at radius 1 is 1.33 bits per heavy atom. The maximum absolute atomic E-state index is 10.7. The van der Waals surface area contributed by atoms with Crippen LogP contribution in [0.2, 0.25) is 0 Å². The number of imidazole rings is 1. The first-order chi connectivity index (χ1) is 11.6. The van der Waals surface area contributed by atoms with E-state index < -0.39 is 5.60 Å². The molecule has 3 aromatic rings. The topological polar surface area (TPSA) is 86.8 Å². The molecule has 1 aliphatic carbocycles. The lowest BCUT2D eigenvalue weighted by Crippen LogP contribution is -2.48. The molecule has 0 saturated heterocycles. The van der Waals surface area contributed by atoms with Crippen molar-refractivity contribution >= 4 is 17.0 Å². The Hall–Kier alpha value is -2.91. The standard InChI is InChI=1S/C18H17N5O/c1-23-16-12(10-19)4-2-6-15(16)22-17(23)21-14-8-18(24,9-14)13-5-3-7-20-11-13/h2-7,11,14,24H,8-9H2,1H3,(H,21,22). The molecular formula is C18H17N5O. The molecule has 1 aromatic carbocycles. The van der Waals surface area contributed by atoms with E-state index in [2.05, 4.69) is 21.4 Å². The molecule has 0 aliphatic heterocycles. The van der Waals surface area contributed by atoms with Gasteiger partial charge in [-0.3, -0.25) is 4.98 Å². The first-order valence-electron chi connectivity index (χ1n) is 7.86. The lowest BCUT2D eigenvalue weighted by atomic mass is 9.72. The third kappa shape index (κ3) is 2.22. The molecule has 1 saturated carbocycles. The Bertz CT molecular complexity index is 935. The maximum atomic E-state index is 10.7. The zero-order valence-corrected chi connectivity index (χ0v) is 13.3. The fraction of sp³-hybridized carbons (Fsp3) is 0.278. The molecule has 24 heavy (non-hydrogen) atoms. The van der Waals surface area contributed by atoms with E-state index in [4.69, 9.17) is 0 Å². The van der Waals surface area contributed by atoms with Gasteiger partial charge in [-0.25, -0.2) is 4.98 Å². The van der Waals surface area contributed by atoms with Crippen LogP contribution in [0.3, 0.4) is 0 Å². The summed E-state index contributed by atoms with van der Waals surface area (Å²) >= 11 is 0. The van der Waals surface area contributed by atoms with Gasteiger partial charge in [0.15, 0.2) is 0 Å². The SMILES string of the molecule is Cn1c(NC2CC(O)(c3cccnc3)C2)nc2cccc(C#N)c21. The summed E-state index contributed by atoms with van der Waals surface area (Å²) in [6.45, 7) is 0. The first-order valence-corrected chi connectivity index (χ1v) is 7.86. The van der Waals surface area contributed by atoms with Gasteiger partial charge in [-0.2, -0.15) is 5.26 Å². The summed E-state index contributed by atoms with van der Waals surface area (Å²) in [6.07, 6.45) is 4.62. The average molecular weight is 319 g/mol. The van der Waals surface area contributed by atoms with Crippen molar-refractivity contribution in [2.45, 2.75) is 24.5 Å². The summed E-state index contributed by atoms with van der Waals surface area (Å²) in [5.74, 6) is 0.714. The largest absolute Gasteiger partial charge is 0.385 e. The number of hydrogen-bond acceptors (Lipinski definition) is 5. The second-order valence-corrected chi connectivity index (χ2v) is 6.30. The molecule has 120 valence electrons. The van der Waals surface area contributed by atoms with Crippen LogP contribution < -0.4 is 5.32 Å². The van der Waals surface area contributed by atoms with Gasteiger partial charge in [-0.1, -0.05) is 12.1 Å². The molecule has 2 N–H and O–H groups in total. The van der Waals surface area contributed by atoms with Crippen LogP contribution in [0.1, 0.15) is 24.0 Å². The van der Waals surface area contributed by atoms with E-state index in [0.717, 1.165) is 16.6 Å². The van der Waals surface area contributed by atoms with Gasteiger partial charge in [0.2, 0.25) is 5.95 Å². The minimum atomic E-state index is -0.825. The van der Waals surface area contributed by atoms with Crippen molar-refractivity contribution in [2.75, 3.05) is 5.32 Å². The molecule has 4 rings (SSSR count). The Kier molecular flexibility index (Phi) is 3.25. The van der Waals surface area contributed by atoms with E-state index in [9.17, 15) is 10.4 Å². The third-order valence-corrected chi connectivity index (χ3v) is 4.71. The van der Waals surface area contributed by atoms with Gasteiger partial charge in [-0.05, 0) is 18.2 Å². The van der Waals surface area contributed by atoms with Crippen LogP contribution in [0, 0.1) is 11.3 Å². The van der Waals surface area contributed by atoms with Crippen molar-refractivity contribution in [2.24, 2.45) is 7.05 Å². The minimum absolute atomic E-state index is 0.135. The molecule has 0 amide bonds. The molecule has 0 atom stereocenters. The van der Waals surface area contributed by atoms with E-state index >= 15 is 0 Å². The van der Waals surface area contributed by atoms with Gasteiger partial charge in [0.25, 0.3) is 0 Å². The van der Waals surface area contributed by atoms with E-state index in [-0.39, 0.29) is 6.04 Å². The summed E-state index contributed by atoms with van der Waals surface area (Å²) in [6, 6.07) is 11.6. The summed E-state index contributed by atoms with van der Waals surface area (Å²) in [4.78, 5) is 8.65. The van der Waals surface area contributed by atoms with Crippen molar-refractivity contribution in [1.82, 2.24) is 14.5 Å². The summed E-state index contributed by atoms with van der Waals surface area (Å²) in [5, 5.41) is 23.3. The van der Waals surface area contributed by atoms with Crippen LogP contribution in [0.15, 0.2) is 42.7 Å². The van der Waals surface area contributed by atoms with E-state index in [0.29, 0.717) is 24.4 Å². The molecule has 2 aromatic heterocycles. The van der Waals surface area contributed by atoms with Crippen LogP contribution >= 0.6 is 0 Å². The van der Waals surface area contributed by atoms with E-state index in [1.165, 1.54) is 0 Å². The average Bonchev–Trinajstić information content (AvgIpc) is 2.90. The summed E-state index contributed by atoms with van der Waals surface area (Å²) in [7, 11) is 1.89. The highest BCUT2D eigenvalue weighted by Gasteiger charge is 2.44. The molecule has 0 unspecified atom stereocenters. The molecule has 0 radical (unpaired) electrons. The Balaban J connectivity index is 1.55. The maximum Gasteiger partial charge on any atom is 0.203 e. The van der Waals surface area contributed by atoms with Gasteiger partial charge < -0.3 is 15.0 Å². The van der Waals surface area contributed by atoms with E-state index in [1.807, 2.05) is 35.9 Å². The quantitative estimate of drug-likeness (QED) is 0.773. The van der Waals surface area contributed by atoms with Gasteiger partial charge in [-0.15, -0.1) is 0 Å². The highest BCUT2D eigenvalue weighted by molar-refractivity contribution is 5.84. The predicted molar refractivity (Wildman–Crippen MR) is 90.2 cm³/mol. The molecule has 6 heteroatoms. The fourth-order valence-electron chi connectivity index (χ4n) is 3.40. The fourth-order valence-corrected chi connectivity index (χ4v) is 3.40. The highest BCUT2D eigenvalue weighted by Crippen LogP contribution is 2.42. The lowest BCUT2D eigenvalue weighted by molar-refractivity contribution is -0.0476. The number of aromatic nitrogens is 3. The normalized spacial score (nSPS) is 22.8. The Morgan fingerprint density at radius 3 is 2.88 bits per heavy atom.